The molecular formula is C23H24FN3O2. The van der Waals surface area contributed by atoms with Crippen molar-refractivity contribution in [1.82, 2.24) is 15.0 Å². The Morgan fingerprint density at radius 3 is 2.55 bits per heavy atom. The summed E-state index contributed by atoms with van der Waals surface area (Å²) >= 11 is 0. The summed E-state index contributed by atoms with van der Waals surface area (Å²) in [4.78, 5) is 18.6. The molecule has 1 aromatic heterocycles. The quantitative estimate of drug-likeness (QED) is 0.623. The second kappa shape index (κ2) is 7.43. The maximum absolute atomic E-state index is 14.1. The number of likely N-dealkylation sites (tertiary alicyclic amines) is 1. The maximum atomic E-state index is 14.1. The number of amides is 1. The molecule has 1 fully saturated rings. The van der Waals surface area contributed by atoms with Crippen molar-refractivity contribution in [2.75, 3.05) is 0 Å². The second-order valence-corrected chi connectivity index (χ2v) is 8.45. The molecule has 3 aromatic rings. The van der Waals surface area contributed by atoms with E-state index in [0.717, 1.165) is 5.56 Å². The van der Waals surface area contributed by atoms with Gasteiger partial charge in [-0.05, 0) is 23.5 Å². The monoisotopic (exact) mass is 393 g/mol. The van der Waals surface area contributed by atoms with Crippen LogP contribution in [-0.4, -0.2) is 20.9 Å². The van der Waals surface area contributed by atoms with Gasteiger partial charge in [-0.15, -0.1) is 0 Å². The van der Waals surface area contributed by atoms with Gasteiger partial charge in [-0.1, -0.05) is 68.4 Å². The normalized spacial score (nSPS) is 17.2. The van der Waals surface area contributed by atoms with E-state index in [9.17, 15) is 9.18 Å². The summed E-state index contributed by atoms with van der Waals surface area (Å²) in [5.74, 6) is 0.524. The Morgan fingerprint density at radius 2 is 1.86 bits per heavy atom. The van der Waals surface area contributed by atoms with E-state index >= 15 is 0 Å². The van der Waals surface area contributed by atoms with Crippen molar-refractivity contribution in [3.05, 3.63) is 71.4 Å². The zero-order valence-electron chi connectivity index (χ0n) is 16.9. The van der Waals surface area contributed by atoms with Crippen LogP contribution in [0.2, 0.25) is 0 Å². The molecule has 4 rings (SSSR count). The predicted octanol–water partition coefficient (Wildman–Crippen LogP) is 5.04. The van der Waals surface area contributed by atoms with Gasteiger partial charge in [0.05, 0.1) is 0 Å². The van der Waals surface area contributed by atoms with Crippen molar-refractivity contribution in [3.63, 3.8) is 0 Å². The van der Waals surface area contributed by atoms with Crippen molar-refractivity contribution in [3.8, 4) is 11.4 Å². The third-order valence-corrected chi connectivity index (χ3v) is 5.36. The van der Waals surface area contributed by atoms with E-state index < -0.39 is 0 Å². The molecule has 150 valence electrons. The summed E-state index contributed by atoms with van der Waals surface area (Å²) < 4.78 is 19.6. The molecule has 1 atom stereocenters. The van der Waals surface area contributed by atoms with Crippen LogP contribution >= 0.6 is 0 Å². The molecule has 2 heterocycles. The number of benzene rings is 2. The molecule has 0 radical (unpaired) electrons. The highest BCUT2D eigenvalue weighted by Gasteiger charge is 2.36. The molecule has 0 N–H and O–H groups in total. The first-order valence-electron chi connectivity index (χ1n) is 9.80. The van der Waals surface area contributed by atoms with Gasteiger partial charge < -0.3 is 9.42 Å². The first-order valence-corrected chi connectivity index (χ1v) is 9.80. The van der Waals surface area contributed by atoms with E-state index in [4.69, 9.17) is 4.52 Å². The van der Waals surface area contributed by atoms with Gasteiger partial charge in [0.25, 0.3) is 0 Å². The van der Waals surface area contributed by atoms with E-state index in [1.54, 1.807) is 23.1 Å². The van der Waals surface area contributed by atoms with Gasteiger partial charge in [0.1, 0.15) is 11.9 Å². The first kappa shape index (κ1) is 19.3. The molecule has 1 saturated heterocycles. The van der Waals surface area contributed by atoms with E-state index in [-0.39, 0.29) is 29.7 Å². The second-order valence-electron chi connectivity index (χ2n) is 8.45. The molecule has 0 aliphatic carbocycles. The molecule has 1 amide bonds. The maximum Gasteiger partial charge on any atom is 0.249 e. The molecule has 1 aliphatic heterocycles. The minimum atomic E-state index is -0.336. The van der Waals surface area contributed by atoms with Gasteiger partial charge in [0, 0.05) is 24.1 Å². The number of rotatable bonds is 4. The Hall–Kier alpha value is -3.02. The van der Waals surface area contributed by atoms with Gasteiger partial charge in [-0.2, -0.15) is 4.98 Å². The van der Waals surface area contributed by atoms with E-state index in [1.807, 2.05) is 12.1 Å². The smallest absolute Gasteiger partial charge is 0.249 e. The number of halogens is 1. The molecule has 29 heavy (non-hydrogen) atoms. The van der Waals surface area contributed by atoms with Crippen molar-refractivity contribution >= 4 is 5.91 Å². The van der Waals surface area contributed by atoms with Crippen LogP contribution in [0.3, 0.4) is 0 Å². The number of hydrogen-bond donors (Lipinski definition) is 0. The fourth-order valence-electron chi connectivity index (χ4n) is 3.61. The summed E-state index contributed by atoms with van der Waals surface area (Å²) in [5.41, 5.74) is 2.63. The molecule has 5 nitrogen and oxygen atoms in total. The van der Waals surface area contributed by atoms with Crippen LogP contribution in [0.5, 0.6) is 0 Å². The van der Waals surface area contributed by atoms with E-state index in [0.29, 0.717) is 30.1 Å². The molecule has 0 spiro atoms. The summed E-state index contributed by atoms with van der Waals surface area (Å²) in [6.45, 7) is 6.68. The molecule has 6 heteroatoms. The highest BCUT2D eigenvalue weighted by molar-refractivity contribution is 5.78. The minimum absolute atomic E-state index is 0.0347. The Kier molecular flexibility index (Phi) is 4.94. The number of carbonyl (C=O) groups excluding carboxylic acids is 1. The van der Waals surface area contributed by atoms with Crippen LogP contribution in [0.15, 0.2) is 53.1 Å². The summed E-state index contributed by atoms with van der Waals surface area (Å²) in [5, 5.41) is 4.11. The van der Waals surface area contributed by atoms with Crippen LogP contribution < -0.4 is 0 Å². The number of nitrogens with zero attached hydrogens (tertiary/aromatic N) is 3. The molecular weight excluding hydrogens is 369 g/mol. The van der Waals surface area contributed by atoms with Gasteiger partial charge in [-0.25, -0.2) is 4.39 Å². The Bertz CT molecular complexity index is 1020. The molecule has 2 aromatic carbocycles. The van der Waals surface area contributed by atoms with Crippen LogP contribution in [-0.2, 0) is 16.8 Å². The van der Waals surface area contributed by atoms with Crippen molar-refractivity contribution < 1.29 is 13.7 Å². The zero-order valence-corrected chi connectivity index (χ0v) is 16.9. The zero-order chi connectivity index (χ0) is 20.6. The van der Waals surface area contributed by atoms with E-state index in [1.165, 1.54) is 11.6 Å². The molecule has 0 saturated carbocycles. The highest BCUT2D eigenvalue weighted by atomic mass is 19.1. The van der Waals surface area contributed by atoms with Gasteiger partial charge >= 0.3 is 0 Å². The van der Waals surface area contributed by atoms with Crippen molar-refractivity contribution in [2.24, 2.45) is 0 Å². The average Bonchev–Trinajstić information content (AvgIpc) is 3.30. The topological polar surface area (TPSA) is 59.2 Å². The Balaban J connectivity index is 1.56. The van der Waals surface area contributed by atoms with E-state index in [2.05, 4.69) is 43.0 Å². The van der Waals surface area contributed by atoms with Gasteiger partial charge in [0.15, 0.2) is 0 Å². The first-order chi connectivity index (χ1) is 13.8. The number of hydrogen-bond acceptors (Lipinski definition) is 4. The SMILES string of the molecule is CC(C)(C)c1ccc(-c2noc(C3CCC(=O)N3Cc3ccccc3F)n2)cc1. The summed E-state index contributed by atoms with van der Waals surface area (Å²) in [6.07, 6.45) is 0.967. The lowest BCUT2D eigenvalue weighted by Gasteiger charge is -2.22. The number of carbonyl (C=O) groups is 1. The van der Waals surface area contributed by atoms with Crippen LogP contribution in [0.4, 0.5) is 4.39 Å². The minimum Gasteiger partial charge on any atom is -0.337 e. The van der Waals surface area contributed by atoms with Crippen LogP contribution in [0.25, 0.3) is 11.4 Å². The van der Waals surface area contributed by atoms with Gasteiger partial charge in [-0.3, -0.25) is 4.79 Å². The summed E-state index contributed by atoms with van der Waals surface area (Å²) in [7, 11) is 0. The lowest BCUT2D eigenvalue weighted by atomic mass is 9.87. The third kappa shape index (κ3) is 3.92. The standard InChI is InChI=1S/C23H24FN3O2/c1-23(2,3)17-10-8-15(9-11-17)21-25-22(29-26-21)19-12-13-20(28)27(19)14-16-6-4-5-7-18(16)24/h4-11,19H,12-14H2,1-3H3. The fourth-order valence-corrected chi connectivity index (χ4v) is 3.61. The highest BCUT2D eigenvalue weighted by Crippen LogP contribution is 2.34. The lowest BCUT2D eigenvalue weighted by Crippen LogP contribution is -2.27. The predicted molar refractivity (Wildman–Crippen MR) is 107 cm³/mol. The van der Waals surface area contributed by atoms with Crippen LogP contribution in [0.1, 0.15) is 56.7 Å². The summed E-state index contributed by atoms with van der Waals surface area (Å²) in [6, 6.07) is 14.2. The molecule has 0 bridgehead atoms. The van der Waals surface area contributed by atoms with Crippen LogP contribution in [0, 0.1) is 5.82 Å². The van der Waals surface area contributed by atoms with Crippen molar-refractivity contribution in [2.45, 2.75) is 51.6 Å². The molecule has 1 unspecified atom stereocenters. The lowest BCUT2D eigenvalue weighted by molar-refractivity contribution is -0.130. The third-order valence-electron chi connectivity index (χ3n) is 5.36. The van der Waals surface area contributed by atoms with Gasteiger partial charge in [0.2, 0.25) is 17.6 Å². The fraction of sp³-hybridized carbons (Fsp3) is 0.348. The molecule has 1 aliphatic rings. The Labute approximate surface area is 169 Å². The Morgan fingerprint density at radius 1 is 1.14 bits per heavy atom. The van der Waals surface area contributed by atoms with Crippen molar-refractivity contribution in [1.29, 1.82) is 0 Å². The average molecular weight is 393 g/mol. The number of aromatic nitrogens is 2. The largest absolute Gasteiger partial charge is 0.337 e.